The zero-order valence-electron chi connectivity index (χ0n) is 7.22. The molecule has 64 valence electrons. The van der Waals surface area contributed by atoms with Gasteiger partial charge in [0, 0.05) is 18.1 Å². The highest BCUT2D eigenvalue weighted by Gasteiger charge is 1.98. The average Bonchev–Trinajstić information content (AvgIpc) is 2.67. The van der Waals surface area contributed by atoms with Crippen LogP contribution in [0, 0.1) is 0 Å². The van der Waals surface area contributed by atoms with Gasteiger partial charge >= 0.3 is 0 Å². The minimum atomic E-state index is 0.919. The van der Waals surface area contributed by atoms with Gasteiger partial charge in [0.05, 0.1) is 0 Å². The second kappa shape index (κ2) is 3.27. The van der Waals surface area contributed by atoms with E-state index in [1.165, 1.54) is 0 Å². The number of nitrogens with zero attached hydrogens (tertiary/aromatic N) is 2. The van der Waals surface area contributed by atoms with E-state index in [1.54, 1.807) is 6.20 Å². The summed E-state index contributed by atoms with van der Waals surface area (Å²) in [7, 11) is 0. The van der Waals surface area contributed by atoms with Gasteiger partial charge in [-0.05, 0) is 30.3 Å². The van der Waals surface area contributed by atoms with E-state index < -0.39 is 0 Å². The fourth-order valence-electron chi connectivity index (χ4n) is 1.27. The van der Waals surface area contributed by atoms with Gasteiger partial charge in [-0.15, -0.1) is 0 Å². The molecule has 0 aromatic carbocycles. The van der Waals surface area contributed by atoms with Gasteiger partial charge in [-0.3, -0.25) is 0 Å². The molecule has 0 amide bonds. The SMILES string of the molecule is C=Cc1cccn1-c1ccccn1. The molecule has 2 aromatic heterocycles. The third-order valence-corrected chi connectivity index (χ3v) is 1.89. The van der Waals surface area contributed by atoms with Crippen molar-refractivity contribution in [3.63, 3.8) is 0 Å². The summed E-state index contributed by atoms with van der Waals surface area (Å²) in [6, 6.07) is 9.82. The number of pyridine rings is 1. The Morgan fingerprint density at radius 1 is 1.23 bits per heavy atom. The first-order valence-electron chi connectivity index (χ1n) is 4.13. The van der Waals surface area contributed by atoms with Gasteiger partial charge in [-0.25, -0.2) is 4.98 Å². The van der Waals surface area contributed by atoms with Gasteiger partial charge in [0.2, 0.25) is 0 Å². The monoisotopic (exact) mass is 170 g/mol. The molecule has 0 unspecified atom stereocenters. The second-order valence-electron chi connectivity index (χ2n) is 2.70. The van der Waals surface area contributed by atoms with E-state index in [0.29, 0.717) is 0 Å². The highest BCUT2D eigenvalue weighted by molar-refractivity contribution is 5.46. The lowest BCUT2D eigenvalue weighted by molar-refractivity contribution is 0.996. The van der Waals surface area contributed by atoms with Crippen molar-refractivity contribution in [1.29, 1.82) is 0 Å². The summed E-state index contributed by atoms with van der Waals surface area (Å²) in [5.74, 6) is 0.919. The van der Waals surface area contributed by atoms with Crippen LogP contribution in [0.1, 0.15) is 5.69 Å². The second-order valence-corrected chi connectivity index (χ2v) is 2.70. The van der Waals surface area contributed by atoms with Crippen LogP contribution in [0.5, 0.6) is 0 Å². The Morgan fingerprint density at radius 3 is 2.85 bits per heavy atom. The summed E-state index contributed by atoms with van der Waals surface area (Å²) in [6.45, 7) is 3.74. The molecule has 2 nitrogen and oxygen atoms in total. The molecule has 0 saturated heterocycles. The first-order chi connectivity index (χ1) is 6.42. The number of hydrogen-bond acceptors (Lipinski definition) is 1. The normalized spacial score (nSPS) is 9.85. The van der Waals surface area contributed by atoms with Crippen LogP contribution in [0.4, 0.5) is 0 Å². The Morgan fingerprint density at radius 2 is 2.15 bits per heavy atom. The van der Waals surface area contributed by atoms with Crippen molar-refractivity contribution in [2.45, 2.75) is 0 Å². The molecule has 0 spiro atoms. The molecule has 0 N–H and O–H groups in total. The van der Waals surface area contributed by atoms with Crippen LogP contribution in [0.2, 0.25) is 0 Å². The van der Waals surface area contributed by atoms with Gasteiger partial charge in [-0.2, -0.15) is 0 Å². The molecule has 0 radical (unpaired) electrons. The van der Waals surface area contributed by atoms with E-state index in [9.17, 15) is 0 Å². The number of rotatable bonds is 2. The predicted molar refractivity (Wildman–Crippen MR) is 53.7 cm³/mol. The Bertz CT molecular complexity index is 401. The van der Waals surface area contributed by atoms with Crippen molar-refractivity contribution in [3.8, 4) is 5.82 Å². The van der Waals surface area contributed by atoms with Crippen molar-refractivity contribution < 1.29 is 0 Å². The fourth-order valence-corrected chi connectivity index (χ4v) is 1.27. The molecule has 2 aromatic rings. The summed E-state index contributed by atoms with van der Waals surface area (Å²) in [5, 5.41) is 0. The van der Waals surface area contributed by atoms with Crippen LogP contribution in [0.3, 0.4) is 0 Å². The standard InChI is InChI=1S/C11H10N2/c1-2-10-6-5-9-13(10)11-7-3-4-8-12-11/h2-9H,1H2. The van der Waals surface area contributed by atoms with Gasteiger partial charge < -0.3 is 4.57 Å². The van der Waals surface area contributed by atoms with Crippen LogP contribution in [0.25, 0.3) is 11.9 Å². The molecule has 0 bridgehead atoms. The quantitative estimate of drug-likeness (QED) is 0.677. The molecule has 2 heterocycles. The van der Waals surface area contributed by atoms with Crippen LogP contribution < -0.4 is 0 Å². The molecule has 0 atom stereocenters. The van der Waals surface area contributed by atoms with Crippen molar-refractivity contribution >= 4 is 6.08 Å². The van der Waals surface area contributed by atoms with Crippen LogP contribution >= 0.6 is 0 Å². The Kier molecular flexibility index (Phi) is 1.96. The molecule has 2 heteroatoms. The third kappa shape index (κ3) is 1.38. The van der Waals surface area contributed by atoms with E-state index in [0.717, 1.165) is 11.5 Å². The van der Waals surface area contributed by atoms with Gasteiger partial charge in [0.25, 0.3) is 0 Å². The van der Waals surface area contributed by atoms with Gasteiger partial charge in [0.1, 0.15) is 5.82 Å². The summed E-state index contributed by atoms with van der Waals surface area (Å²) in [6.07, 6.45) is 5.57. The summed E-state index contributed by atoms with van der Waals surface area (Å²) >= 11 is 0. The van der Waals surface area contributed by atoms with E-state index in [2.05, 4.69) is 11.6 Å². The molecule has 0 saturated carbocycles. The molecule has 0 aliphatic heterocycles. The summed E-state index contributed by atoms with van der Waals surface area (Å²) in [4.78, 5) is 4.24. The van der Waals surface area contributed by atoms with E-state index >= 15 is 0 Å². The maximum absolute atomic E-state index is 4.24. The lowest BCUT2D eigenvalue weighted by Gasteiger charge is -2.03. The van der Waals surface area contributed by atoms with E-state index in [1.807, 2.05) is 47.2 Å². The smallest absolute Gasteiger partial charge is 0.136 e. The fraction of sp³-hybridized carbons (Fsp3) is 0. The van der Waals surface area contributed by atoms with Crippen molar-refractivity contribution in [2.24, 2.45) is 0 Å². The van der Waals surface area contributed by atoms with Crippen LogP contribution in [-0.4, -0.2) is 9.55 Å². The maximum atomic E-state index is 4.24. The first-order valence-corrected chi connectivity index (χ1v) is 4.13. The molecule has 13 heavy (non-hydrogen) atoms. The van der Waals surface area contributed by atoms with E-state index in [-0.39, 0.29) is 0 Å². The molecule has 0 aliphatic rings. The molecular formula is C11H10N2. The molecular weight excluding hydrogens is 160 g/mol. The summed E-state index contributed by atoms with van der Waals surface area (Å²) in [5.41, 5.74) is 1.05. The highest BCUT2D eigenvalue weighted by Crippen LogP contribution is 2.10. The Balaban J connectivity index is 2.52. The van der Waals surface area contributed by atoms with Crippen molar-refractivity contribution in [2.75, 3.05) is 0 Å². The summed E-state index contributed by atoms with van der Waals surface area (Å²) < 4.78 is 1.99. The van der Waals surface area contributed by atoms with Gasteiger partial charge in [-0.1, -0.05) is 12.6 Å². The largest absolute Gasteiger partial charge is 0.302 e. The molecule has 0 fully saturated rings. The van der Waals surface area contributed by atoms with Crippen LogP contribution in [-0.2, 0) is 0 Å². The van der Waals surface area contributed by atoms with E-state index in [4.69, 9.17) is 0 Å². The lowest BCUT2D eigenvalue weighted by atomic mass is 10.4. The van der Waals surface area contributed by atoms with Gasteiger partial charge in [0.15, 0.2) is 0 Å². The average molecular weight is 170 g/mol. The van der Waals surface area contributed by atoms with Crippen molar-refractivity contribution in [3.05, 3.63) is 55.0 Å². The predicted octanol–water partition coefficient (Wildman–Crippen LogP) is 2.52. The zero-order chi connectivity index (χ0) is 9.10. The van der Waals surface area contributed by atoms with Crippen molar-refractivity contribution in [1.82, 2.24) is 9.55 Å². The minimum absolute atomic E-state index is 0.919. The third-order valence-electron chi connectivity index (χ3n) is 1.89. The topological polar surface area (TPSA) is 17.8 Å². The lowest BCUT2D eigenvalue weighted by Crippen LogP contribution is -1.96. The number of hydrogen-bond donors (Lipinski definition) is 0. The molecule has 2 rings (SSSR count). The van der Waals surface area contributed by atoms with Crippen LogP contribution in [0.15, 0.2) is 49.3 Å². The minimum Gasteiger partial charge on any atom is -0.302 e. The molecule has 0 aliphatic carbocycles. The first kappa shape index (κ1) is 7.80. The zero-order valence-corrected chi connectivity index (χ0v) is 7.22. The number of aromatic nitrogens is 2. The Labute approximate surface area is 77.2 Å². The highest BCUT2D eigenvalue weighted by atomic mass is 15.0. The Hall–Kier alpha value is -1.83. The maximum Gasteiger partial charge on any atom is 0.136 e.